The topological polar surface area (TPSA) is 92.2 Å². The van der Waals surface area contributed by atoms with Gasteiger partial charge < -0.3 is 10.4 Å². The molecule has 6 nitrogen and oxygen atoms in total. The van der Waals surface area contributed by atoms with Gasteiger partial charge in [0.15, 0.2) is 0 Å². The number of anilines is 1. The second-order valence-electron chi connectivity index (χ2n) is 3.58. The molecule has 0 spiro atoms. The molecule has 2 rings (SSSR count). The lowest BCUT2D eigenvalue weighted by atomic mass is 10.2. The summed E-state index contributed by atoms with van der Waals surface area (Å²) in [6.07, 6.45) is 4.06. The minimum absolute atomic E-state index is 0.0253. The third kappa shape index (κ3) is 3.05. The minimum atomic E-state index is -1.13. The van der Waals surface area contributed by atoms with Crippen molar-refractivity contribution in [1.82, 2.24) is 9.97 Å². The molecule has 0 saturated carbocycles. The molecule has 2 N–H and O–H groups in total. The standard InChI is InChI=1S/C12H8ClN3O3/c13-10-3-8(1-2-9(10)12(18)19)16-11(17)7-4-14-6-15-5-7/h1-6H,(H,16,17)(H,18,19). The molecule has 1 aromatic heterocycles. The SMILES string of the molecule is O=C(Nc1ccc(C(=O)O)c(Cl)c1)c1cncnc1. The zero-order valence-corrected chi connectivity index (χ0v) is 10.3. The second-order valence-corrected chi connectivity index (χ2v) is 3.99. The fourth-order valence-electron chi connectivity index (χ4n) is 1.39. The lowest BCUT2D eigenvalue weighted by Gasteiger charge is -2.06. The van der Waals surface area contributed by atoms with Gasteiger partial charge in [0.2, 0.25) is 0 Å². The average Bonchev–Trinajstić information content (AvgIpc) is 2.39. The second kappa shape index (κ2) is 5.45. The molecule has 1 aromatic carbocycles. The van der Waals surface area contributed by atoms with E-state index in [0.29, 0.717) is 11.3 Å². The molecule has 1 heterocycles. The highest BCUT2D eigenvalue weighted by Gasteiger charge is 2.11. The Morgan fingerprint density at radius 3 is 2.47 bits per heavy atom. The summed E-state index contributed by atoms with van der Waals surface area (Å²) >= 11 is 5.80. The van der Waals surface area contributed by atoms with E-state index in [-0.39, 0.29) is 10.6 Å². The van der Waals surface area contributed by atoms with Gasteiger partial charge in [0.05, 0.1) is 16.1 Å². The summed E-state index contributed by atoms with van der Waals surface area (Å²) in [4.78, 5) is 30.0. The molecule has 0 bridgehead atoms. The molecule has 0 aliphatic heterocycles. The number of hydrogen-bond donors (Lipinski definition) is 2. The molecule has 2 aromatic rings. The van der Waals surface area contributed by atoms with Gasteiger partial charge in [-0.2, -0.15) is 0 Å². The predicted molar refractivity (Wildman–Crippen MR) is 68.4 cm³/mol. The third-order valence-electron chi connectivity index (χ3n) is 2.28. The number of hydrogen-bond acceptors (Lipinski definition) is 4. The number of halogens is 1. The number of amides is 1. The average molecular weight is 278 g/mol. The van der Waals surface area contributed by atoms with Crippen LogP contribution in [0.1, 0.15) is 20.7 Å². The smallest absolute Gasteiger partial charge is 0.337 e. The summed E-state index contributed by atoms with van der Waals surface area (Å²) in [5, 5.41) is 11.4. The lowest BCUT2D eigenvalue weighted by molar-refractivity contribution is 0.0697. The molecular formula is C12H8ClN3O3. The number of aromatic nitrogens is 2. The Labute approximate surface area is 113 Å². The Morgan fingerprint density at radius 2 is 1.89 bits per heavy atom. The van der Waals surface area contributed by atoms with E-state index in [4.69, 9.17) is 16.7 Å². The van der Waals surface area contributed by atoms with Gasteiger partial charge >= 0.3 is 5.97 Å². The summed E-state index contributed by atoms with van der Waals surface area (Å²) in [5.74, 6) is -1.53. The van der Waals surface area contributed by atoms with Gasteiger partial charge in [-0.05, 0) is 18.2 Å². The number of carboxylic acids is 1. The molecule has 0 aliphatic carbocycles. The fourth-order valence-corrected chi connectivity index (χ4v) is 1.65. The van der Waals surface area contributed by atoms with Crippen molar-refractivity contribution >= 4 is 29.2 Å². The van der Waals surface area contributed by atoms with Crippen molar-refractivity contribution in [1.29, 1.82) is 0 Å². The van der Waals surface area contributed by atoms with E-state index in [1.54, 1.807) is 0 Å². The highest BCUT2D eigenvalue weighted by atomic mass is 35.5. The molecule has 0 fully saturated rings. The van der Waals surface area contributed by atoms with Gasteiger partial charge in [0.25, 0.3) is 5.91 Å². The normalized spacial score (nSPS) is 9.95. The lowest BCUT2D eigenvalue weighted by Crippen LogP contribution is -2.12. The third-order valence-corrected chi connectivity index (χ3v) is 2.59. The van der Waals surface area contributed by atoms with Crippen molar-refractivity contribution in [3.05, 3.63) is 53.1 Å². The Bertz CT molecular complexity index is 631. The van der Waals surface area contributed by atoms with E-state index >= 15 is 0 Å². The van der Waals surface area contributed by atoms with Crippen LogP contribution in [0.15, 0.2) is 36.9 Å². The zero-order valence-electron chi connectivity index (χ0n) is 9.50. The summed E-state index contributed by atoms with van der Waals surface area (Å²) in [6.45, 7) is 0. The summed E-state index contributed by atoms with van der Waals surface area (Å²) in [7, 11) is 0. The van der Waals surface area contributed by atoms with Crippen LogP contribution in [0.4, 0.5) is 5.69 Å². The number of nitrogens with one attached hydrogen (secondary N) is 1. The molecule has 7 heteroatoms. The Kier molecular flexibility index (Phi) is 3.72. The molecule has 19 heavy (non-hydrogen) atoms. The van der Waals surface area contributed by atoms with Gasteiger partial charge in [-0.1, -0.05) is 11.6 Å². The molecular weight excluding hydrogens is 270 g/mol. The maximum atomic E-state index is 11.8. The largest absolute Gasteiger partial charge is 0.478 e. The molecule has 96 valence electrons. The summed E-state index contributed by atoms with van der Waals surface area (Å²) in [5.41, 5.74) is 0.660. The Morgan fingerprint density at radius 1 is 1.21 bits per heavy atom. The zero-order chi connectivity index (χ0) is 13.8. The maximum Gasteiger partial charge on any atom is 0.337 e. The van der Waals surface area contributed by atoms with Gasteiger partial charge in [-0.25, -0.2) is 14.8 Å². The van der Waals surface area contributed by atoms with Crippen LogP contribution in [0.3, 0.4) is 0 Å². The number of benzene rings is 1. The fraction of sp³-hybridized carbons (Fsp3) is 0. The quantitative estimate of drug-likeness (QED) is 0.896. The van der Waals surface area contributed by atoms with Gasteiger partial charge in [-0.15, -0.1) is 0 Å². The molecule has 0 unspecified atom stereocenters. The van der Waals surface area contributed by atoms with E-state index in [0.717, 1.165) is 0 Å². The number of nitrogens with zero attached hydrogens (tertiary/aromatic N) is 2. The van der Waals surface area contributed by atoms with Crippen LogP contribution >= 0.6 is 11.6 Å². The van der Waals surface area contributed by atoms with Crippen molar-refractivity contribution in [3.8, 4) is 0 Å². The van der Waals surface area contributed by atoms with Crippen LogP contribution in [0.25, 0.3) is 0 Å². The van der Waals surface area contributed by atoms with Gasteiger partial charge in [0, 0.05) is 18.1 Å². The van der Waals surface area contributed by atoms with Crippen LogP contribution in [-0.2, 0) is 0 Å². The van der Waals surface area contributed by atoms with Crippen molar-refractivity contribution in [2.45, 2.75) is 0 Å². The van der Waals surface area contributed by atoms with E-state index in [1.807, 2.05) is 0 Å². The maximum absolute atomic E-state index is 11.8. The monoisotopic (exact) mass is 277 g/mol. The molecule has 0 atom stereocenters. The first-order valence-corrected chi connectivity index (χ1v) is 5.55. The molecule has 1 amide bonds. The van der Waals surface area contributed by atoms with Gasteiger partial charge in [0.1, 0.15) is 6.33 Å². The Hall–Kier alpha value is -2.47. The number of aromatic carboxylic acids is 1. The predicted octanol–water partition coefficient (Wildman–Crippen LogP) is 2.08. The van der Waals surface area contributed by atoms with Gasteiger partial charge in [-0.3, -0.25) is 4.79 Å². The van der Waals surface area contributed by atoms with Crippen LogP contribution in [-0.4, -0.2) is 27.0 Å². The number of carbonyl (C=O) groups excluding carboxylic acids is 1. The molecule has 0 aliphatic rings. The van der Waals surface area contributed by atoms with Crippen LogP contribution in [0, 0.1) is 0 Å². The van der Waals surface area contributed by atoms with E-state index < -0.39 is 11.9 Å². The van der Waals surface area contributed by atoms with Crippen molar-refractivity contribution in [3.63, 3.8) is 0 Å². The number of carboxylic acid groups (broad SMARTS) is 1. The highest BCUT2D eigenvalue weighted by molar-refractivity contribution is 6.33. The first kappa shape index (κ1) is 13.0. The van der Waals surface area contributed by atoms with E-state index in [9.17, 15) is 9.59 Å². The van der Waals surface area contributed by atoms with Crippen molar-refractivity contribution in [2.24, 2.45) is 0 Å². The van der Waals surface area contributed by atoms with E-state index in [2.05, 4.69) is 15.3 Å². The molecule has 0 radical (unpaired) electrons. The van der Waals surface area contributed by atoms with E-state index in [1.165, 1.54) is 36.9 Å². The number of rotatable bonds is 3. The summed E-state index contributed by atoms with van der Waals surface area (Å²) < 4.78 is 0. The number of carbonyl (C=O) groups is 2. The minimum Gasteiger partial charge on any atom is -0.478 e. The van der Waals surface area contributed by atoms with Crippen molar-refractivity contribution < 1.29 is 14.7 Å². The first-order valence-electron chi connectivity index (χ1n) is 5.17. The van der Waals surface area contributed by atoms with Crippen LogP contribution in [0.2, 0.25) is 5.02 Å². The molecule has 0 saturated heterocycles. The van der Waals surface area contributed by atoms with Crippen LogP contribution < -0.4 is 5.32 Å². The first-order chi connectivity index (χ1) is 9.08. The van der Waals surface area contributed by atoms with Crippen LogP contribution in [0.5, 0.6) is 0 Å². The highest BCUT2D eigenvalue weighted by Crippen LogP contribution is 2.21. The Balaban J connectivity index is 2.19. The summed E-state index contributed by atoms with van der Waals surface area (Å²) in [6, 6.07) is 4.14. The van der Waals surface area contributed by atoms with Crippen molar-refractivity contribution in [2.75, 3.05) is 5.32 Å².